The topological polar surface area (TPSA) is 155 Å². The highest BCUT2D eigenvalue weighted by Gasteiger charge is 2.36. The van der Waals surface area contributed by atoms with E-state index < -0.39 is 11.6 Å². The van der Waals surface area contributed by atoms with Gasteiger partial charge in [-0.3, -0.25) is 9.59 Å². The average molecular weight is 952 g/mol. The molecule has 0 radical (unpaired) electrons. The molecule has 9 rings (SSSR count). The molecule has 3 aliphatic heterocycles. The third-order valence-corrected chi connectivity index (χ3v) is 13.9. The molecule has 0 bridgehead atoms. The third-order valence-electron chi connectivity index (χ3n) is 13.6. The summed E-state index contributed by atoms with van der Waals surface area (Å²) in [6.45, 7) is 17.6. The molecule has 2 amide bonds. The molecule has 3 aliphatic rings. The molecule has 2 saturated heterocycles. The lowest BCUT2D eigenvalue weighted by atomic mass is 9.93. The van der Waals surface area contributed by atoms with Gasteiger partial charge in [0.25, 0.3) is 11.5 Å². The number of carbonyl (C=O) groups excluding carboxylic acids is 2. The quantitative estimate of drug-likeness (QED) is 0.121. The Hall–Kier alpha value is -6.92. The van der Waals surface area contributed by atoms with Gasteiger partial charge in [0.2, 0.25) is 0 Å². The van der Waals surface area contributed by atoms with E-state index in [2.05, 4.69) is 51.3 Å². The lowest BCUT2D eigenvalue weighted by Crippen LogP contribution is -2.56. The van der Waals surface area contributed by atoms with Gasteiger partial charge in [0.05, 0.1) is 49.4 Å². The fourth-order valence-electron chi connectivity index (χ4n) is 10.2. The van der Waals surface area contributed by atoms with Gasteiger partial charge in [-0.2, -0.15) is 15.2 Å². The van der Waals surface area contributed by atoms with Gasteiger partial charge in [0, 0.05) is 103 Å². The molecule has 69 heavy (non-hydrogen) atoms. The number of nitriles is 1. The van der Waals surface area contributed by atoms with Gasteiger partial charge in [0.15, 0.2) is 0 Å². The van der Waals surface area contributed by atoms with Crippen molar-refractivity contribution < 1.29 is 19.1 Å². The van der Waals surface area contributed by atoms with Gasteiger partial charge in [-0.15, -0.1) is 0 Å². The average Bonchev–Trinajstić information content (AvgIpc) is 3.70. The molecule has 2 fully saturated rings. The SMILES string of the molecule is C=C(Cn1c(C2CCN(C(=O)OC(C)(C)C)CC2)cc2c(-c3ccc(=O)n(C(C)C)c3)ccnc21)C(=O)N1CCN(c2nc(OC)nc3c2CCN(c2cccc4cccc(Cl)c24)C3)CC1CC#N. The Kier molecular flexibility index (Phi) is 13.1. The highest BCUT2D eigenvalue weighted by Crippen LogP contribution is 2.39. The van der Waals surface area contributed by atoms with Crippen molar-refractivity contribution in [2.24, 2.45) is 0 Å². The van der Waals surface area contributed by atoms with Gasteiger partial charge in [-0.25, -0.2) is 9.78 Å². The normalized spacial score (nSPS) is 16.8. The first-order valence-electron chi connectivity index (χ1n) is 23.8. The molecule has 0 saturated carbocycles. The van der Waals surface area contributed by atoms with Gasteiger partial charge < -0.3 is 38.2 Å². The summed E-state index contributed by atoms with van der Waals surface area (Å²) in [5, 5.41) is 13.8. The standard InChI is InChI=1S/C53H59ClN10O5/c1-33(2)63-30-37(14-15-46(63)65)39-17-22-56-48-41(39)28-45(35-18-23-59(24-19-35)52(67)69-53(4,5)6)64(48)29-34(3)50(66)62-27-26-61(31-38(62)16-21-55)49-40-20-25-60(32-43(40)57-51(58-49)68-7)44-13-9-11-36-10-8-12-42(54)47(36)44/h8-15,17,22,28,30,33,35,38H,3,16,18-20,23-27,29,31-32H2,1-2,4-7H3. The van der Waals surface area contributed by atoms with Crippen LogP contribution >= 0.6 is 11.6 Å². The van der Waals surface area contributed by atoms with Crippen LogP contribution in [-0.2, 0) is 29.0 Å². The Bertz CT molecular complexity index is 3060. The monoisotopic (exact) mass is 950 g/mol. The maximum atomic E-state index is 14.8. The number of aromatic nitrogens is 5. The van der Waals surface area contributed by atoms with Crippen molar-refractivity contribution in [1.29, 1.82) is 5.26 Å². The summed E-state index contributed by atoms with van der Waals surface area (Å²) < 4.78 is 15.2. The second kappa shape index (κ2) is 19.2. The summed E-state index contributed by atoms with van der Waals surface area (Å²) in [4.78, 5) is 63.3. The van der Waals surface area contributed by atoms with Crippen LogP contribution in [0.2, 0.25) is 5.02 Å². The van der Waals surface area contributed by atoms with Crippen LogP contribution in [0.1, 0.15) is 82.8 Å². The Morgan fingerprint density at radius 3 is 2.48 bits per heavy atom. The zero-order valence-electron chi connectivity index (χ0n) is 40.2. The van der Waals surface area contributed by atoms with Gasteiger partial charge in [0.1, 0.15) is 17.1 Å². The number of methoxy groups -OCH3 is 1. The molecular formula is C53H59ClN10O5. The molecule has 0 spiro atoms. The number of carbonyl (C=O) groups is 2. The molecule has 0 aliphatic carbocycles. The number of hydrogen-bond donors (Lipinski definition) is 0. The van der Waals surface area contributed by atoms with E-state index in [0.717, 1.165) is 62.3 Å². The minimum Gasteiger partial charge on any atom is -0.467 e. The second-order valence-electron chi connectivity index (χ2n) is 19.6. The number of amides is 2. The van der Waals surface area contributed by atoms with Crippen LogP contribution in [0.5, 0.6) is 6.01 Å². The van der Waals surface area contributed by atoms with E-state index >= 15 is 0 Å². The van der Waals surface area contributed by atoms with Crippen LogP contribution < -0.4 is 20.1 Å². The summed E-state index contributed by atoms with van der Waals surface area (Å²) in [6.07, 6.45) is 5.49. The highest BCUT2D eigenvalue weighted by atomic mass is 35.5. The minimum atomic E-state index is -0.604. The number of hydrogen-bond acceptors (Lipinski definition) is 11. The maximum Gasteiger partial charge on any atom is 0.410 e. The van der Waals surface area contributed by atoms with Crippen molar-refractivity contribution >= 4 is 56.9 Å². The first-order chi connectivity index (χ1) is 33.1. The van der Waals surface area contributed by atoms with Crippen LogP contribution in [0.3, 0.4) is 0 Å². The molecule has 16 heteroatoms. The first-order valence-corrected chi connectivity index (χ1v) is 24.2. The van der Waals surface area contributed by atoms with Crippen molar-refractivity contribution in [1.82, 2.24) is 33.9 Å². The lowest BCUT2D eigenvalue weighted by molar-refractivity contribution is -0.129. The number of benzene rings is 2. The predicted molar refractivity (Wildman–Crippen MR) is 269 cm³/mol. The maximum absolute atomic E-state index is 14.8. The minimum absolute atomic E-state index is 0.0342. The van der Waals surface area contributed by atoms with Gasteiger partial charge >= 0.3 is 12.1 Å². The molecular weight excluding hydrogens is 892 g/mol. The molecule has 15 nitrogen and oxygen atoms in total. The van der Waals surface area contributed by atoms with Crippen molar-refractivity contribution in [3.8, 4) is 23.2 Å². The second-order valence-corrected chi connectivity index (χ2v) is 20.0. The van der Waals surface area contributed by atoms with E-state index in [1.807, 2.05) is 71.1 Å². The fraction of sp³-hybridized carbons (Fsp3) is 0.415. The Morgan fingerprint density at radius 2 is 1.75 bits per heavy atom. The fourth-order valence-corrected chi connectivity index (χ4v) is 10.5. The molecule has 6 aromatic rings. The molecule has 1 atom stereocenters. The molecule has 4 aromatic heterocycles. The summed E-state index contributed by atoms with van der Waals surface area (Å²) in [5.74, 6) is 0.573. The van der Waals surface area contributed by atoms with Crippen LogP contribution in [0.25, 0.3) is 32.9 Å². The van der Waals surface area contributed by atoms with Gasteiger partial charge in [-0.1, -0.05) is 42.4 Å². The van der Waals surface area contributed by atoms with Crippen molar-refractivity contribution in [2.45, 2.75) is 97.0 Å². The third kappa shape index (κ3) is 9.47. The summed E-state index contributed by atoms with van der Waals surface area (Å²) >= 11 is 6.75. The number of ether oxygens (including phenoxy) is 2. The summed E-state index contributed by atoms with van der Waals surface area (Å²) in [7, 11) is 1.56. The lowest BCUT2D eigenvalue weighted by Gasteiger charge is -2.42. The number of piperidine rings is 1. The van der Waals surface area contributed by atoms with Crippen LogP contribution in [-0.4, -0.2) is 104 Å². The zero-order chi connectivity index (χ0) is 48.7. The molecule has 2 aromatic carbocycles. The van der Waals surface area contributed by atoms with Crippen molar-refractivity contribution in [3.63, 3.8) is 0 Å². The van der Waals surface area contributed by atoms with Crippen molar-refractivity contribution in [2.75, 3.05) is 56.2 Å². The molecule has 0 N–H and O–H groups in total. The Morgan fingerprint density at radius 1 is 0.986 bits per heavy atom. The predicted octanol–water partition coefficient (Wildman–Crippen LogP) is 8.92. The van der Waals surface area contributed by atoms with E-state index in [1.54, 1.807) is 33.7 Å². The largest absolute Gasteiger partial charge is 0.467 e. The number of nitrogens with zero attached hydrogens (tertiary/aromatic N) is 10. The Labute approximate surface area is 407 Å². The van der Waals surface area contributed by atoms with Crippen molar-refractivity contribution in [3.05, 3.63) is 118 Å². The zero-order valence-corrected chi connectivity index (χ0v) is 41.0. The molecule has 1 unspecified atom stereocenters. The van der Waals surface area contributed by atoms with E-state index in [1.165, 1.54) is 0 Å². The van der Waals surface area contributed by atoms with E-state index in [4.69, 9.17) is 36.0 Å². The van der Waals surface area contributed by atoms with Crippen LogP contribution in [0, 0.1) is 11.3 Å². The van der Waals surface area contributed by atoms with Gasteiger partial charge in [-0.05, 0) is 101 Å². The number of piperazine rings is 1. The molecule has 7 heterocycles. The first kappa shape index (κ1) is 47.2. The number of fused-ring (bicyclic) bond motifs is 3. The number of rotatable bonds is 10. The van der Waals surface area contributed by atoms with Crippen LogP contribution in [0.4, 0.5) is 16.3 Å². The summed E-state index contributed by atoms with van der Waals surface area (Å²) in [6, 6.07) is 21.8. The smallest absolute Gasteiger partial charge is 0.410 e. The van der Waals surface area contributed by atoms with Crippen LogP contribution in [0.15, 0.2) is 90.0 Å². The van der Waals surface area contributed by atoms with E-state index in [-0.39, 0.29) is 48.5 Å². The van der Waals surface area contributed by atoms with E-state index in [9.17, 15) is 19.6 Å². The highest BCUT2D eigenvalue weighted by molar-refractivity contribution is 6.36. The number of likely N-dealkylation sites (tertiary alicyclic amines) is 1. The number of anilines is 2. The Balaban J connectivity index is 0.984. The molecule has 358 valence electrons. The number of pyridine rings is 2. The van der Waals surface area contributed by atoms with E-state index in [0.29, 0.717) is 74.8 Å². The number of halogens is 1. The summed E-state index contributed by atoms with van der Waals surface area (Å²) in [5.41, 5.74) is 6.08.